The predicted octanol–water partition coefficient (Wildman–Crippen LogP) is 3.60. The molecule has 0 fully saturated rings. The van der Waals surface area contributed by atoms with E-state index in [1.54, 1.807) is 13.0 Å². The Bertz CT molecular complexity index is 587. The first-order valence-electron chi connectivity index (χ1n) is 6.20. The average Bonchev–Trinajstić information content (AvgIpc) is 2.46. The molecule has 2 rings (SSSR count). The highest BCUT2D eigenvalue weighted by atomic mass is 79.9. The minimum absolute atomic E-state index is 0.313. The minimum atomic E-state index is -0.435. The molecule has 0 spiro atoms. The zero-order chi connectivity index (χ0) is 14.4. The fourth-order valence-electron chi connectivity index (χ4n) is 1.63. The summed E-state index contributed by atoms with van der Waals surface area (Å²) in [5.41, 5.74) is 1.35. The molecular formula is C15H14BrNO3. The number of ether oxygens (including phenoxy) is 2. The van der Waals surface area contributed by atoms with E-state index < -0.39 is 5.97 Å². The number of carbonyl (C=O) groups excluding carboxylic acids is 1. The Labute approximate surface area is 125 Å². The third-order valence-corrected chi connectivity index (χ3v) is 3.00. The number of pyridine rings is 1. The van der Waals surface area contributed by atoms with Crippen LogP contribution in [0.1, 0.15) is 22.8 Å². The quantitative estimate of drug-likeness (QED) is 0.618. The smallest absolute Gasteiger partial charge is 0.343 e. The number of esters is 1. The molecule has 1 aromatic heterocycles. The lowest BCUT2D eigenvalue weighted by Crippen LogP contribution is -2.08. The van der Waals surface area contributed by atoms with Gasteiger partial charge in [0.15, 0.2) is 0 Å². The van der Waals surface area contributed by atoms with Crippen LogP contribution in [0.5, 0.6) is 5.75 Å². The van der Waals surface area contributed by atoms with Crippen molar-refractivity contribution in [2.24, 2.45) is 0 Å². The molecule has 20 heavy (non-hydrogen) atoms. The van der Waals surface area contributed by atoms with E-state index in [2.05, 4.69) is 20.9 Å². The van der Waals surface area contributed by atoms with E-state index in [-0.39, 0.29) is 0 Å². The van der Waals surface area contributed by atoms with Gasteiger partial charge in [-0.1, -0.05) is 30.3 Å². The van der Waals surface area contributed by atoms with Crippen LogP contribution >= 0.6 is 15.9 Å². The van der Waals surface area contributed by atoms with Crippen molar-refractivity contribution in [3.8, 4) is 5.75 Å². The van der Waals surface area contributed by atoms with Crippen LogP contribution in [0.4, 0.5) is 0 Å². The van der Waals surface area contributed by atoms with Crippen LogP contribution < -0.4 is 4.74 Å². The van der Waals surface area contributed by atoms with Crippen molar-refractivity contribution in [2.45, 2.75) is 13.5 Å². The predicted molar refractivity (Wildman–Crippen MR) is 78.7 cm³/mol. The van der Waals surface area contributed by atoms with E-state index >= 15 is 0 Å². The molecule has 0 aliphatic carbocycles. The lowest BCUT2D eigenvalue weighted by Gasteiger charge is -2.11. The van der Waals surface area contributed by atoms with Crippen molar-refractivity contribution in [2.75, 3.05) is 6.61 Å². The highest BCUT2D eigenvalue weighted by molar-refractivity contribution is 9.10. The maximum absolute atomic E-state index is 11.8. The molecule has 104 valence electrons. The molecule has 0 N–H and O–H groups in total. The molecule has 2 aromatic rings. The Hall–Kier alpha value is -1.88. The normalized spacial score (nSPS) is 10.1. The standard InChI is InChI=1S/C15H14BrNO3/c1-2-19-15(18)12-9-17-14(16)8-13(12)20-10-11-6-4-3-5-7-11/h3-9H,2,10H2,1H3. The lowest BCUT2D eigenvalue weighted by atomic mass is 10.2. The Morgan fingerprint density at radius 2 is 2.05 bits per heavy atom. The molecule has 0 saturated heterocycles. The molecule has 4 nitrogen and oxygen atoms in total. The van der Waals surface area contributed by atoms with Crippen LogP contribution in [-0.2, 0) is 11.3 Å². The Morgan fingerprint density at radius 3 is 2.75 bits per heavy atom. The van der Waals surface area contributed by atoms with Gasteiger partial charge in [-0.05, 0) is 28.4 Å². The number of hydrogen-bond donors (Lipinski definition) is 0. The van der Waals surface area contributed by atoms with Crippen molar-refractivity contribution in [1.82, 2.24) is 4.98 Å². The van der Waals surface area contributed by atoms with Gasteiger partial charge in [0.05, 0.1) is 6.61 Å². The Morgan fingerprint density at radius 1 is 1.30 bits per heavy atom. The van der Waals surface area contributed by atoms with Gasteiger partial charge in [-0.3, -0.25) is 0 Å². The maximum atomic E-state index is 11.8. The van der Waals surface area contributed by atoms with Crippen molar-refractivity contribution in [1.29, 1.82) is 0 Å². The zero-order valence-electron chi connectivity index (χ0n) is 11.0. The second-order valence-electron chi connectivity index (χ2n) is 4.00. The zero-order valence-corrected chi connectivity index (χ0v) is 12.6. The molecule has 5 heteroatoms. The van der Waals surface area contributed by atoms with Crippen molar-refractivity contribution in [3.63, 3.8) is 0 Å². The largest absolute Gasteiger partial charge is 0.488 e. The maximum Gasteiger partial charge on any atom is 0.343 e. The van der Waals surface area contributed by atoms with Crippen LogP contribution in [-0.4, -0.2) is 17.6 Å². The molecule has 0 aliphatic heterocycles. The van der Waals surface area contributed by atoms with Gasteiger partial charge in [0.1, 0.15) is 22.5 Å². The van der Waals surface area contributed by atoms with Gasteiger partial charge in [0.25, 0.3) is 0 Å². The number of nitrogens with zero attached hydrogens (tertiary/aromatic N) is 1. The van der Waals surface area contributed by atoms with Gasteiger partial charge in [0, 0.05) is 12.3 Å². The van der Waals surface area contributed by atoms with Crippen LogP contribution in [0.2, 0.25) is 0 Å². The number of rotatable bonds is 5. The summed E-state index contributed by atoms with van der Waals surface area (Å²) in [4.78, 5) is 15.9. The summed E-state index contributed by atoms with van der Waals surface area (Å²) in [5, 5.41) is 0. The molecule has 0 atom stereocenters. The van der Waals surface area contributed by atoms with Crippen LogP contribution in [0, 0.1) is 0 Å². The molecule has 0 saturated carbocycles. The van der Waals surface area contributed by atoms with Crippen molar-refractivity contribution >= 4 is 21.9 Å². The summed E-state index contributed by atoms with van der Waals surface area (Å²) in [7, 11) is 0. The first-order valence-corrected chi connectivity index (χ1v) is 6.99. The van der Waals surface area contributed by atoms with Gasteiger partial charge in [-0.25, -0.2) is 9.78 Å². The molecule has 0 amide bonds. The van der Waals surface area contributed by atoms with Gasteiger partial charge in [0.2, 0.25) is 0 Å². The summed E-state index contributed by atoms with van der Waals surface area (Å²) in [6.07, 6.45) is 1.45. The number of carbonyl (C=O) groups is 1. The number of aromatic nitrogens is 1. The van der Waals surface area contributed by atoms with E-state index in [4.69, 9.17) is 9.47 Å². The minimum Gasteiger partial charge on any atom is -0.488 e. The van der Waals surface area contributed by atoms with Gasteiger partial charge < -0.3 is 9.47 Å². The summed E-state index contributed by atoms with van der Waals surface area (Å²) >= 11 is 3.27. The van der Waals surface area contributed by atoms with E-state index in [9.17, 15) is 4.79 Å². The van der Waals surface area contributed by atoms with E-state index in [0.717, 1.165) is 5.56 Å². The molecule has 0 bridgehead atoms. The first-order chi connectivity index (χ1) is 9.70. The highest BCUT2D eigenvalue weighted by Crippen LogP contribution is 2.23. The second-order valence-corrected chi connectivity index (χ2v) is 4.81. The second kappa shape index (κ2) is 7.05. The number of halogens is 1. The fraction of sp³-hybridized carbons (Fsp3) is 0.200. The van der Waals surface area contributed by atoms with Gasteiger partial charge in [-0.2, -0.15) is 0 Å². The van der Waals surface area contributed by atoms with E-state index in [1.165, 1.54) is 6.20 Å². The lowest BCUT2D eigenvalue weighted by molar-refractivity contribution is 0.0520. The Kier molecular flexibility index (Phi) is 5.12. The van der Waals surface area contributed by atoms with Gasteiger partial charge in [-0.15, -0.1) is 0 Å². The first kappa shape index (κ1) is 14.5. The molecule has 0 aliphatic rings. The highest BCUT2D eigenvalue weighted by Gasteiger charge is 2.15. The summed E-state index contributed by atoms with van der Waals surface area (Å²) in [6, 6.07) is 11.4. The van der Waals surface area contributed by atoms with Crippen molar-refractivity contribution < 1.29 is 14.3 Å². The average molecular weight is 336 g/mol. The van der Waals surface area contributed by atoms with E-state index in [0.29, 0.717) is 29.1 Å². The number of benzene rings is 1. The molecule has 1 heterocycles. The van der Waals surface area contributed by atoms with Crippen LogP contribution in [0.25, 0.3) is 0 Å². The molecule has 0 radical (unpaired) electrons. The fourth-order valence-corrected chi connectivity index (χ4v) is 1.94. The Balaban J connectivity index is 2.17. The van der Waals surface area contributed by atoms with Gasteiger partial charge >= 0.3 is 5.97 Å². The van der Waals surface area contributed by atoms with Crippen LogP contribution in [0.15, 0.2) is 47.2 Å². The molecule has 1 aromatic carbocycles. The van der Waals surface area contributed by atoms with Crippen LogP contribution in [0.3, 0.4) is 0 Å². The number of hydrogen-bond acceptors (Lipinski definition) is 4. The third kappa shape index (κ3) is 3.81. The topological polar surface area (TPSA) is 48.4 Å². The SMILES string of the molecule is CCOC(=O)c1cnc(Br)cc1OCc1ccccc1. The third-order valence-electron chi connectivity index (χ3n) is 2.57. The van der Waals surface area contributed by atoms with E-state index in [1.807, 2.05) is 30.3 Å². The summed E-state index contributed by atoms with van der Waals surface area (Å²) < 4.78 is 11.3. The molecular weight excluding hydrogens is 322 g/mol. The van der Waals surface area contributed by atoms with Crippen molar-refractivity contribution in [3.05, 3.63) is 58.3 Å². The monoisotopic (exact) mass is 335 g/mol. The molecule has 0 unspecified atom stereocenters. The summed E-state index contributed by atoms with van der Waals surface area (Å²) in [6.45, 7) is 2.45. The summed E-state index contributed by atoms with van der Waals surface area (Å²) in [5.74, 6) is 0.0183.